The van der Waals surface area contributed by atoms with E-state index >= 15 is 0 Å². The second-order valence-electron chi connectivity index (χ2n) is 4.37. The largest absolute Gasteiger partial charge is 0.487 e. The lowest BCUT2D eigenvalue weighted by Crippen LogP contribution is -2.15. The van der Waals surface area contributed by atoms with Crippen LogP contribution in [0.25, 0.3) is 10.9 Å². The lowest BCUT2D eigenvalue weighted by atomic mass is 10.1. The van der Waals surface area contributed by atoms with E-state index in [1.807, 2.05) is 41.8 Å². The van der Waals surface area contributed by atoms with E-state index in [1.54, 1.807) is 17.5 Å². The molecule has 2 heterocycles. The van der Waals surface area contributed by atoms with Gasteiger partial charge >= 0.3 is 0 Å². The number of hydrogen-bond donors (Lipinski definition) is 2. The van der Waals surface area contributed by atoms with Crippen LogP contribution in [0.2, 0.25) is 0 Å². The molecule has 0 saturated heterocycles. The molecule has 2 aromatic heterocycles. The SMILES string of the molecule is NC(=NO)c1cnc2ccccc2c1OCc1cccs1. The highest BCUT2D eigenvalue weighted by molar-refractivity contribution is 7.09. The molecule has 0 atom stereocenters. The Labute approximate surface area is 125 Å². The van der Waals surface area contributed by atoms with E-state index in [1.165, 1.54) is 0 Å². The summed E-state index contributed by atoms with van der Waals surface area (Å²) in [5, 5.41) is 14.8. The average Bonchev–Trinajstić information content (AvgIpc) is 3.05. The molecule has 0 aliphatic heterocycles. The fraction of sp³-hybridized carbons (Fsp3) is 0.0667. The molecule has 0 aliphatic rings. The average molecular weight is 299 g/mol. The molecule has 106 valence electrons. The van der Waals surface area contributed by atoms with Crippen molar-refractivity contribution < 1.29 is 9.94 Å². The molecular weight excluding hydrogens is 286 g/mol. The highest BCUT2D eigenvalue weighted by Gasteiger charge is 2.14. The van der Waals surface area contributed by atoms with Gasteiger partial charge in [-0.3, -0.25) is 4.98 Å². The van der Waals surface area contributed by atoms with Crippen molar-refractivity contribution in [3.63, 3.8) is 0 Å². The number of amidine groups is 1. The van der Waals surface area contributed by atoms with Gasteiger partial charge in [-0.1, -0.05) is 23.4 Å². The molecule has 0 saturated carbocycles. The van der Waals surface area contributed by atoms with Crippen molar-refractivity contribution in [2.45, 2.75) is 6.61 Å². The first kappa shape index (κ1) is 13.4. The maximum absolute atomic E-state index is 8.92. The van der Waals surface area contributed by atoms with Crippen molar-refractivity contribution in [1.82, 2.24) is 4.98 Å². The predicted molar refractivity (Wildman–Crippen MR) is 82.9 cm³/mol. The third-order valence-corrected chi connectivity index (χ3v) is 3.90. The van der Waals surface area contributed by atoms with Gasteiger partial charge in [0, 0.05) is 16.5 Å². The van der Waals surface area contributed by atoms with E-state index in [-0.39, 0.29) is 5.84 Å². The Bertz CT molecular complexity index is 785. The van der Waals surface area contributed by atoms with Crippen molar-refractivity contribution in [2.24, 2.45) is 10.9 Å². The molecule has 1 aromatic carbocycles. The molecule has 3 aromatic rings. The van der Waals surface area contributed by atoms with Crippen LogP contribution >= 0.6 is 11.3 Å². The summed E-state index contributed by atoms with van der Waals surface area (Å²) in [7, 11) is 0. The van der Waals surface area contributed by atoms with E-state index in [2.05, 4.69) is 10.1 Å². The molecule has 0 aliphatic carbocycles. The van der Waals surface area contributed by atoms with Crippen LogP contribution in [0.1, 0.15) is 10.4 Å². The smallest absolute Gasteiger partial charge is 0.175 e. The second kappa shape index (κ2) is 5.80. The predicted octanol–water partition coefficient (Wildman–Crippen LogP) is 2.97. The maximum Gasteiger partial charge on any atom is 0.175 e. The number of hydrogen-bond acceptors (Lipinski definition) is 5. The zero-order chi connectivity index (χ0) is 14.7. The van der Waals surface area contributed by atoms with Crippen LogP contribution in [0.3, 0.4) is 0 Å². The zero-order valence-electron chi connectivity index (χ0n) is 11.1. The number of benzene rings is 1. The Morgan fingerprint density at radius 2 is 2.14 bits per heavy atom. The lowest BCUT2D eigenvalue weighted by molar-refractivity contribution is 0.309. The molecule has 0 spiro atoms. The number of oxime groups is 1. The molecule has 0 radical (unpaired) electrons. The number of ether oxygens (including phenoxy) is 1. The fourth-order valence-electron chi connectivity index (χ4n) is 2.05. The van der Waals surface area contributed by atoms with E-state index < -0.39 is 0 Å². The Morgan fingerprint density at radius 1 is 1.29 bits per heavy atom. The molecule has 6 heteroatoms. The summed E-state index contributed by atoms with van der Waals surface area (Å²) in [4.78, 5) is 5.40. The zero-order valence-corrected chi connectivity index (χ0v) is 11.9. The van der Waals surface area contributed by atoms with Gasteiger partial charge in [-0.2, -0.15) is 0 Å². The van der Waals surface area contributed by atoms with Gasteiger partial charge in [-0.25, -0.2) is 0 Å². The van der Waals surface area contributed by atoms with Crippen LogP contribution in [0.5, 0.6) is 5.75 Å². The summed E-state index contributed by atoms with van der Waals surface area (Å²) in [6.45, 7) is 0.428. The summed E-state index contributed by atoms with van der Waals surface area (Å²) in [5.41, 5.74) is 7.00. The van der Waals surface area contributed by atoms with Gasteiger partial charge in [-0.05, 0) is 23.6 Å². The number of aromatic nitrogens is 1. The van der Waals surface area contributed by atoms with E-state index in [0.29, 0.717) is 17.9 Å². The van der Waals surface area contributed by atoms with Gasteiger partial charge in [-0.15, -0.1) is 11.3 Å². The summed E-state index contributed by atoms with van der Waals surface area (Å²) in [6, 6.07) is 11.6. The molecule has 0 fully saturated rings. The number of fused-ring (bicyclic) bond motifs is 1. The first-order valence-electron chi connectivity index (χ1n) is 6.30. The van der Waals surface area contributed by atoms with Crippen LogP contribution in [0.4, 0.5) is 0 Å². The molecule has 5 nitrogen and oxygen atoms in total. The van der Waals surface area contributed by atoms with Crippen LogP contribution in [0.15, 0.2) is 53.1 Å². The topological polar surface area (TPSA) is 80.7 Å². The summed E-state index contributed by atoms with van der Waals surface area (Å²) >= 11 is 1.62. The number of thiophene rings is 1. The van der Waals surface area contributed by atoms with Crippen molar-refractivity contribution in [3.8, 4) is 5.75 Å². The Kier molecular flexibility index (Phi) is 3.70. The maximum atomic E-state index is 8.92. The van der Waals surface area contributed by atoms with E-state index in [4.69, 9.17) is 15.7 Å². The number of nitrogens with two attached hydrogens (primary N) is 1. The minimum absolute atomic E-state index is 0.0190. The first-order valence-corrected chi connectivity index (χ1v) is 7.18. The van der Waals surface area contributed by atoms with Crippen molar-refractivity contribution in [1.29, 1.82) is 0 Å². The second-order valence-corrected chi connectivity index (χ2v) is 5.40. The van der Waals surface area contributed by atoms with Crippen LogP contribution < -0.4 is 10.5 Å². The molecule has 0 bridgehead atoms. The van der Waals surface area contributed by atoms with Gasteiger partial charge in [0.15, 0.2) is 5.84 Å². The van der Waals surface area contributed by atoms with Gasteiger partial charge in [0.1, 0.15) is 12.4 Å². The van der Waals surface area contributed by atoms with E-state index in [0.717, 1.165) is 15.8 Å². The minimum Gasteiger partial charge on any atom is -0.487 e. The minimum atomic E-state index is -0.0190. The third-order valence-electron chi connectivity index (χ3n) is 3.05. The molecule has 3 rings (SSSR count). The molecule has 0 amide bonds. The third kappa shape index (κ3) is 2.66. The molecular formula is C15H13N3O2S. The van der Waals surface area contributed by atoms with Crippen LogP contribution in [0, 0.1) is 0 Å². The van der Waals surface area contributed by atoms with Crippen molar-refractivity contribution in [2.75, 3.05) is 0 Å². The fourth-order valence-corrected chi connectivity index (χ4v) is 2.66. The summed E-state index contributed by atoms with van der Waals surface area (Å²) in [6.07, 6.45) is 1.56. The van der Waals surface area contributed by atoms with Gasteiger partial charge in [0.25, 0.3) is 0 Å². The highest BCUT2D eigenvalue weighted by Crippen LogP contribution is 2.29. The molecule has 21 heavy (non-hydrogen) atoms. The number of pyridine rings is 1. The lowest BCUT2D eigenvalue weighted by Gasteiger charge is -2.12. The van der Waals surface area contributed by atoms with Crippen molar-refractivity contribution >= 4 is 28.1 Å². The first-order chi connectivity index (χ1) is 10.3. The van der Waals surface area contributed by atoms with Crippen LogP contribution in [-0.4, -0.2) is 16.0 Å². The Hall–Kier alpha value is -2.60. The molecule has 0 unspecified atom stereocenters. The Morgan fingerprint density at radius 3 is 2.90 bits per heavy atom. The van der Waals surface area contributed by atoms with Gasteiger partial charge in [0.2, 0.25) is 0 Å². The van der Waals surface area contributed by atoms with Gasteiger partial charge < -0.3 is 15.7 Å². The van der Waals surface area contributed by atoms with E-state index in [9.17, 15) is 0 Å². The number of nitrogens with zero attached hydrogens (tertiary/aromatic N) is 2. The quantitative estimate of drug-likeness (QED) is 0.336. The number of para-hydroxylation sites is 1. The Balaban J connectivity index is 2.07. The summed E-state index contributed by atoms with van der Waals surface area (Å²) < 4.78 is 5.92. The van der Waals surface area contributed by atoms with Crippen molar-refractivity contribution in [3.05, 3.63) is 58.4 Å². The summed E-state index contributed by atoms with van der Waals surface area (Å²) in [5.74, 6) is 0.554. The molecule has 3 N–H and O–H groups in total. The highest BCUT2D eigenvalue weighted by atomic mass is 32.1. The standard InChI is InChI=1S/C15H13N3O2S/c16-15(18-19)12-8-17-13-6-2-1-5-11(13)14(12)20-9-10-4-3-7-21-10/h1-8,19H,9H2,(H2,16,18). The number of rotatable bonds is 4. The monoisotopic (exact) mass is 299 g/mol. The van der Waals surface area contributed by atoms with Gasteiger partial charge in [0.05, 0.1) is 11.1 Å². The van der Waals surface area contributed by atoms with Crippen LogP contribution in [-0.2, 0) is 6.61 Å². The normalized spacial score (nSPS) is 11.7.